The van der Waals surface area contributed by atoms with E-state index in [1.165, 1.54) is 16.1 Å². The Morgan fingerprint density at radius 3 is 3.00 bits per heavy atom. The summed E-state index contributed by atoms with van der Waals surface area (Å²) in [6.07, 6.45) is 2.18. The highest BCUT2D eigenvalue weighted by Crippen LogP contribution is 2.29. The summed E-state index contributed by atoms with van der Waals surface area (Å²) in [7, 11) is 1.77. The highest BCUT2D eigenvalue weighted by atomic mass is 32.1. The molecule has 3 rings (SSSR count). The molecule has 1 aliphatic heterocycles. The highest BCUT2D eigenvalue weighted by molar-refractivity contribution is 7.09. The SMILES string of the molecule is CCn1cc2c(n1)C(COC)CN(Cc1scnc1C)C2. The van der Waals surface area contributed by atoms with E-state index in [9.17, 15) is 0 Å². The van der Waals surface area contributed by atoms with Crippen LogP contribution >= 0.6 is 11.3 Å². The van der Waals surface area contributed by atoms with Gasteiger partial charge in [0.2, 0.25) is 0 Å². The standard InChI is InChI=1S/C15H22N4OS/c1-4-19-7-12-5-18(8-14-11(2)16-10-21-14)6-13(9-20-3)15(12)17-19/h7,10,13H,4-6,8-9H2,1-3H3. The molecule has 0 fully saturated rings. The summed E-state index contributed by atoms with van der Waals surface area (Å²) in [4.78, 5) is 8.19. The van der Waals surface area contributed by atoms with Crippen LogP contribution in [-0.4, -0.2) is 39.9 Å². The molecular weight excluding hydrogens is 284 g/mol. The molecular formula is C15H22N4OS. The number of nitrogens with zero attached hydrogens (tertiary/aromatic N) is 4. The van der Waals surface area contributed by atoms with Gasteiger partial charge in [-0.05, 0) is 13.8 Å². The summed E-state index contributed by atoms with van der Waals surface area (Å²) in [5.74, 6) is 0.361. The topological polar surface area (TPSA) is 43.2 Å². The molecule has 0 aromatic carbocycles. The molecule has 0 amide bonds. The van der Waals surface area contributed by atoms with Gasteiger partial charge in [0, 0.05) is 55.8 Å². The molecule has 5 nitrogen and oxygen atoms in total. The number of thiazole rings is 1. The van der Waals surface area contributed by atoms with Crippen molar-refractivity contribution in [3.05, 3.63) is 33.5 Å². The zero-order valence-corrected chi connectivity index (χ0v) is 13.7. The molecule has 1 aliphatic rings. The van der Waals surface area contributed by atoms with E-state index in [2.05, 4.69) is 29.9 Å². The Kier molecular flexibility index (Phi) is 4.37. The predicted molar refractivity (Wildman–Crippen MR) is 83.5 cm³/mol. The fourth-order valence-electron chi connectivity index (χ4n) is 2.94. The third-order valence-electron chi connectivity index (χ3n) is 4.03. The Labute approximate surface area is 129 Å². The summed E-state index contributed by atoms with van der Waals surface area (Å²) in [6, 6.07) is 0. The van der Waals surface area contributed by atoms with Gasteiger partial charge in [0.05, 0.1) is 23.5 Å². The number of aryl methyl sites for hydroxylation is 2. The Hall–Kier alpha value is -1.24. The van der Waals surface area contributed by atoms with Crippen LogP contribution in [0.25, 0.3) is 0 Å². The molecule has 1 unspecified atom stereocenters. The average Bonchev–Trinajstić information content (AvgIpc) is 3.06. The van der Waals surface area contributed by atoms with Gasteiger partial charge in [0.25, 0.3) is 0 Å². The summed E-state index contributed by atoms with van der Waals surface area (Å²) in [5.41, 5.74) is 5.64. The molecule has 0 spiro atoms. The molecule has 0 radical (unpaired) electrons. The van der Waals surface area contributed by atoms with Crippen LogP contribution in [0.1, 0.15) is 34.7 Å². The first-order valence-corrected chi connectivity index (χ1v) is 8.25. The van der Waals surface area contributed by atoms with Crippen LogP contribution in [0.4, 0.5) is 0 Å². The molecule has 1 atom stereocenters. The maximum absolute atomic E-state index is 5.40. The molecule has 0 aliphatic carbocycles. The van der Waals surface area contributed by atoms with E-state index < -0.39 is 0 Å². The second-order valence-corrected chi connectivity index (χ2v) is 6.52. The van der Waals surface area contributed by atoms with Crippen molar-refractivity contribution in [1.29, 1.82) is 0 Å². The number of hydrogen-bond acceptors (Lipinski definition) is 5. The second kappa shape index (κ2) is 6.25. The first-order chi connectivity index (χ1) is 10.2. The quantitative estimate of drug-likeness (QED) is 0.851. The van der Waals surface area contributed by atoms with E-state index >= 15 is 0 Å². The molecule has 3 heterocycles. The van der Waals surface area contributed by atoms with Crippen molar-refractivity contribution < 1.29 is 4.74 Å². The van der Waals surface area contributed by atoms with Crippen molar-refractivity contribution in [2.75, 3.05) is 20.3 Å². The lowest BCUT2D eigenvalue weighted by molar-refractivity contribution is 0.135. The van der Waals surface area contributed by atoms with Gasteiger partial charge in [0.15, 0.2) is 0 Å². The van der Waals surface area contributed by atoms with Crippen LogP contribution in [0, 0.1) is 6.92 Å². The highest BCUT2D eigenvalue weighted by Gasteiger charge is 2.28. The fraction of sp³-hybridized carbons (Fsp3) is 0.600. The van der Waals surface area contributed by atoms with Crippen LogP contribution in [0.15, 0.2) is 11.7 Å². The minimum Gasteiger partial charge on any atom is -0.384 e. The van der Waals surface area contributed by atoms with Crippen LogP contribution < -0.4 is 0 Å². The third-order valence-corrected chi connectivity index (χ3v) is 4.95. The number of aromatic nitrogens is 3. The fourth-order valence-corrected chi connectivity index (χ4v) is 3.76. The van der Waals surface area contributed by atoms with Gasteiger partial charge in [-0.3, -0.25) is 9.58 Å². The van der Waals surface area contributed by atoms with E-state index in [1.54, 1.807) is 18.4 Å². The normalized spacial score (nSPS) is 18.9. The van der Waals surface area contributed by atoms with Gasteiger partial charge < -0.3 is 4.74 Å². The molecule has 2 aromatic heterocycles. The zero-order valence-electron chi connectivity index (χ0n) is 12.9. The van der Waals surface area contributed by atoms with E-state index in [4.69, 9.17) is 9.84 Å². The van der Waals surface area contributed by atoms with Crippen LogP contribution in [0.3, 0.4) is 0 Å². The van der Waals surface area contributed by atoms with Gasteiger partial charge in [-0.2, -0.15) is 5.10 Å². The lowest BCUT2D eigenvalue weighted by atomic mass is 9.97. The van der Waals surface area contributed by atoms with Crippen molar-refractivity contribution in [2.45, 2.75) is 39.4 Å². The Morgan fingerprint density at radius 2 is 2.33 bits per heavy atom. The van der Waals surface area contributed by atoms with E-state index in [0.717, 1.165) is 38.5 Å². The molecule has 21 heavy (non-hydrogen) atoms. The molecule has 0 N–H and O–H groups in total. The molecule has 2 aromatic rings. The molecule has 114 valence electrons. The van der Waals surface area contributed by atoms with Crippen molar-refractivity contribution in [1.82, 2.24) is 19.7 Å². The smallest absolute Gasteiger partial charge is 0.0798 e. The van der Waals surface area contributed by atoms with Crippen molar-refractivity contribution >= 4 is 11.3 Å². The Bertz CT molecular complexity index is 607. The Morgan fingerprint density at radius 1 is 1.48 bits per heavy atom. The molecule has 0 bridgehead atoms. The van der Waals surface area contributed by atoms with Crippen LogP contribution in [0.5, 0.6) is 0 Å². The molecule has 6 heteroatoms. The maximum atomic E-state index is 5.40. The van der Waals surface area contributed by atoms with Gasteiger partial charge in [-0.25, -0.2) is 4.98 Å². The summed E-state index contributed by atoms with van der Waals surface area (Å²) >= 11 is 1.74. The number of hydrogen-bond donors (Lipinski definition) is 0. The first-order valence-electron chi connectivity index (χ1n) is 7.37. The number of fused-ring (bicyclic) bond motifs is 1. The first kappa shape index (κ1) is 14.7. The van der Waals surface area contributed by atoms with E-state index in [1.807, 2.05) is 10.2 Å². The number of ether oxygens (including phenoxy) is 1. The summed E-state index contributed by atoms with van der Waals surface area (Å²) in [6.45, 7) is 8.79. The predicted octanol–water partition coefficient (Wildman–Crippen LogP) is 2.41. The van der Waals surface area contributed by atoms with E-state index in [-0.39, 0.29) is 0 Å². The second-order valence-electron chi connectivity index (χ2n) is 5.58. The van der Waals surface area contributed by atoms with Gasteiger partial charge in [-0.15, -0.1) is 11.3 Å². The van der Waals surface area contributed by atoms with Gasteiger partial charge in [-0.1, -0.05) is 0 Å². The number of rotatable bonds is 5. The minimum absolute atomic E-state index is 0.361. The van der Waals surface area contributed by atoms with Crippen molar-refractivity contribution in [3.8, 4) is 0 Å². The van der Waals surface area contributed by atoms with Crippen molar-refractivity contribution in [2.24, 2.45) is 0 Å². The molecule has 0 saturated carbocycles. The lowest BCUT2D eigenvalue weighted by Gasteiger charge is -2.31. The van der Waals surface area contributed by atoms with Crippen molar-refractivity contribution in [3.63, 3.8) is 0 Å². The third kappa shape index (κ3) is 3.02. The minimum atomic E-state index is 0.361. The largest absolute Gasteiger partial charge is 0.384 e. The monoisotopic (exact) mass is 306 g/mol. The van der Waals surface area contributed by atoms with Gasteiger partial charge >= 0.3 is 0 Å². The van der Waals surface area contributed by atoms with Crippen LogP contribution in [-0.2, 0) is 24.4 Å². The summed E-state index contributed by atoms with van der Waals surface area (Å²) in [5, 5.41) is 4.72. The van der Waals surface area contributed by atoms with E-state index in [0.29, 0.717) is 5.92 Å². The van der Waals surface area contributed by atoms with Crippen LogP contribution in [0.2, 0.25) is 0 Å². The average molecular weight is 306 g/mol. The number of methoxy groups -OCH3 is 1. The summed E-state index contributed by atoms with van der Waals surface area (Å²) < 4.78 is 7.44. The lowest BCUT2D eigenvalue weighted by Crippen LogP contribution is -2.34. The van der Waals surface area contributed by atoms with Gasteiger partial charge in [0.1, 0.15) is 0 Å². The zero-order chi connectivity index (χ0) is 14.8. The Balaban J connectivity index is 1.81. The molecule has 0 saturated heterocycles. The maximum Gasteiger partial charge on any atom is 0.0798 e.